The first kappa shape index (κ1) is 14.3. The van der Waals surface area contributed by atoms with Gasteiger partial charge in [0.15, 0.2) is 0 Å². The molecule has 1 heterocycles. The maximum absolute atomic E-state index is 5.80. The minimum absolute atomic E-state index is 0.535. The molecule has 1 aliphatic rings. The van der Waals surface area contributed by atoms with Crippen molar-refractivity contribution in [1.29, 1.82) is 0 Å². The van der Waals surface area contributed by atoms with Gasteiger partial charge in [0.1, 0.15) is 0 Å². The number of alkyl halides is 1. The van der Waals surface area contributed by atoms with Crippen LogP contribution in [0.15, 0.2) is 0 Å². The maximum Gasteiger partial charge on any atom is 0.0576 e. The molecule has 1 aliphatic heterocycles. The van der Waals surface area contributed by atoms with Crippen molar-refractivity contribution in [3.8, 4) is 0 Å². The summed E-state index contributed by atoms with van der Waals surface area (Å²) in [6, 6.07) is 0.571. The van der Waals surface area contributed by atoms with Crippen molar-refractivity contribution in [2.75, 3.05) is 19.0 Å². The third-order valence-corrected chi connectivity index (χ3v) is 3.58. The van der Waals surface area contributed by atoms with E-state index in [4.69, 9.17) is 16.3 Å². The Bertz CT molecular complexity index is 169. The number of rotatable bonds is 8. The molecule has 2 nitrogen and oxygen atoms in total. The summed E-state index contributed by atoms with van der Waals surface area (Å²) in [7, 11) is 0. The van der Waals surface area contributed by atoms with E-state index in [-0.39, 0.29) is 0 Å². The largest absolute Gasteiger partial charge is 0.378 e. The molecule has 0 aromatic rings. The Labute approximate surface area is 105 Å². The van der Waals surface area contributed by atoms with E-state index in [9.17, 15) is 0 Å². The molecule has 0 radical (unpaired) electrons. The van der Waals surface area contributed by atoms with Crippen LogP contribution in [-0.4, -0.2) is 31.2 Å². The minimum atomic E-state index is 0.535. The van der Waals surface area contributed by atoms with E-state index in [2.05, 4.69) is 19.2 Å². The molecule has 0 saturated carbocycles. The summed E-state index contributed by atoms with van der Waals surface area (Å²) in [6.07, 6.45) is 6.54. The van der Waals surface area contributed by atoms with E-state index < -0.39 is 0 Å². The van der Waals surface area contributed by atoms with Gasteiger partial charge in [-0.2, -0.15) is 0 Å². The smallest absolute Gasteiger partial charge is 0.0576 e. The van der Waals surface area contributed by atoms with Crippen LogP contribution in [0.5, 0.6) is 0 Å². The van der Waals surface area contributed by atoms with E-state index >= 15 is 0 Å². The fraction of sp³-hybridized carbons (Fsp3) is 1.00. The third kappa shape index (κ3) is 5.51. The molecule has 0 amide bonds. The van der Waals surface area contributed by atoms with Crippen molar-refractivity contribution >= 4 is 11.6 Å². The highest BCUT2D eigenvalue weighted by Gasteiger charge is 2.15. The zero-order chi connectivity index (χ0) is 11.8. The van der Waals surface area contributed by atoms with Crippen molar-refractivity contribution in [3.05, 3.63) is 0 Å². The summed E-state index contributed by atoms with van der Waals surface area (Å²) in [6.45, 7) is 6.58. The van der Waals surface area contributed by atoms with E-state index in [1.807, 2.05) is 0 Å². The minimum Gasteiger partial charge on any atom is -0.378 e. The number of hydrogen-bond acceptors (Lipinski definition) is 2. The Morgan fingerprint density at radius 2 is 2.25 bits per heavy atom. The molecule has 0 bridgehead atoms. The van der Waals surface area contributed by atoms with Crippen LogP contribution in [0.1, 0.15) is 46.0 Å². The predicted molar refractivity (Wildman–Crippen MR) is 70.2 cm³/mol. The second-order valence-electron chi connectivity index (χ2n) is 5.06. The van der Waals surface area contributed by atoms with E-state index in [1.54, 1.807) is 0 Å². The summed E-state index contributed by atoms with van der Waals surface area (Å²) >= 11 is 5.80. The first-order valence-electron chi connectivity index (χ1n) is 6.65. The molecule has 0 aromatic carbocycles. The summed E-state index contributed by atoms with van der Waals surface area (Å²) in [5.41, 5.74) is 0. The molecule has 1 fully saturated rings. The second kappa shape index (κ2) is 8.32. The molecule has 16 heavy (non-hydrogen) atoms. The quantitative estimate of drug-likeness (QED) is 0.526. The molecular formula is C13H26ClNO. The lowest BCUT2D eigenvalue weighted by Crippen LogP contribution is -2.35. The van der Waals surface area contributed by atoms with Crippen LogP contribution in [0, 0.1) is 5.92 Å². The average molecular weight is 248 g/mol. The molecule has 2 unspecified atom stereocenters. The van der Waals surface area contributed by atoms with Crippen LogP contribution in [0.25, 0.3) is 0 Å². The van der Waals surface area contributed by atoms with Gasteiger partial charge in [-0.05, 0) is 44.6 Å². The van der Waals surface area contributed by atoms with E-state index in [1.165, 1.54) is 25.7 Å². The number of ether oxygens (including phenoxy) is 1. The third-order valence-electron chi connectivity index (χ3n) is 3.36. The van der Waals surface area contributed by atoms with Crippen LogP contribution in [-0.2, 0) is 4.74 Å². The van der Waals surface area contributed by atoms with Gasteiger partial charge >= 0.3 is 0 Å². The van der Waals surface area contributed by atoms with Crippen LogP contribution < -0.4 is 5.32 Å². The summed E-state index contributed by atoms with van der Waals surface area (Å²) < 4.78 is 5.61. The SMILES string of the molecule is CC(C)C(CCCl)NCCCC1CCCO1. The molecule has 1 N–H and O–H groups in total. The van der Waals surface area contributed by atoms with Gasteiger partial charge in [-0.3, -0.25) is 0 Å². The van der Waals surface area contributed by atoms with Gasteiger partial charge in [-0.15, -0.1) is 11.6 Å². The van der Waals surface area contributed by atoms with Gasteiger partial charge in [-0.1, -0.05) is 13.8 Å². The molecule has 0 aromatic heterocycles. The van der Waals surface area contributed by atoms with Crippen molar-refractivity contribution in [3.63, 3.8) is 0 Å². The molecule has 96 valence electrons. The molecule has 3 heteroatoms. The number of hydrogen-bond donors (Lipinski definition) is 1. The standard InChI is InChI=1S/C13H26ClNO/c1-11(2)13(7-8-14)15-9-3-5-12-6-4-10-16-12/h11-13,15H,3-10H2,1-2H3. The lowest BCUT2D eigenvalue weighted by Gasteiger charge is -2.21. The summed E-state index contributed by atoms with van der Waals surface area (Å²) in [5, 5.41) is 3.60. The lowest BCUT2D eigenvalue weighted by atomic mass is 10.0. The van der Waals surface area contributed by atoms with Crippen LogP contribution >= 0.6 is 11.6 Å². The molecule has 0 aliphatic carbocycles. The first-order chi connectivity index (χ1) is 7.74. The molecule has 0 spiro atoms. The average Bonchev–Trinajstić information content (AvgIpc) is 2.75. The van der Waals surface area contributed by atoms with Crippen LogP contribution in [0.3, 0.4) is 0 Å². The fourth-order valence-corrected chi connectivity index (χ4v) is 2.51. The highest BCUT2D eigenvalue weighted by atomic mass is 35.5. The van der Waals surface area contributed by atoms with Crippen molar-refractivity contribution in [2.45, 2.75) is 58.1 Å². The maximum atomic E-state index is 5.80. The Balaban J connectivity index is 2.03. The number of halogens is 1. The Hall–Kier alpha value is 0.210. The number of nitrogens with one attached hydrogen (secondary N) is 1. The Morgan fingerprint density at radius 3 is 2.81 bits per heavy atom. The zero-order valence-electron chi connectivity index (χ0n) is 10.7. The fourth-order valence-electron chi connectivity index (χ4n) is 2.28. The summed E-state index contributed by atoms with van der Waals surface area (Å²) in [4.78, 5) is 0. The topological polar surface area (TPSA) is 21.3 Å². The zero-order valence-corrected chi connectivity index (χ0v) is 11.4. The molecule has 2 atom stereocenters. The van der Waals surface area contributed by atoms with Gasteiger partial charge in [0, 0.05) is 18.5 Å². The van der Waals surface area contributed by atoms with Gasteiger partial charge in [0.25, 0.3) is 0 Å². The van der Waals surface area contributed by atoms with Gasteiger partial charge < -0.3 is 10.1 Å². The van der Waals surface area contributed by atoms with Crippen molar-refractivity contribution in [2.24, 2.45) is 5.92 Å². The van der Waals surface area contributed by atoms with Crippen LogP contribution in [0.4, 0.5) is 0 Å². The Kier molecular flexibility index (Phi) is 7.42. The summed E-state index contributed by atoms with van der Waals surface area (Å²) in [5.74, 6) is 1.42. The van der Waals surface area contributed by atoms with Crippen LogP contribution in [0.2, 0.25) is 0 Å². The highest BCUT2D eigenvalue weighted by Crippen LogP contribution is 2.16. The van der Waals surface area contributed by atoms with Gasteiger partial charge in [-0.25, -0.2) is 0 Å². The van der Waals surface area contributed by atoms with E-state index in [0.29, 0.717) is 18.1 Å². The monoisotopic (exact) mass is 247 g/mol. The first-order valence-corrected chi connectivity index (χ1v) is 7.18. The van der Waals surface area contributed by atoms with Gasteiger partial charge in [0.05, 0.1) is 6.10 Å². The molecule has 1 rings (SSSR count). The molecular weight excluding hydrogens is 222 g/mol. The Morgan fingerprint density at radius 1 is 1.44 bits per heavy atom. The lowest BCUT2D eigenvalue weighted by molar-refractivity contribution is 0.102. The highest BCUT2D eigenvalue weighted by molar-refractivity contribution is 6.17. The van der Waals surface area contributed by atoms with Gasteiger partial charge in [0.2, 0.25) is 0 Å². The van der Waals surface area contributed by atoms with Crippen molar-refractivity contribution in [1.82, 2.24) is 5.32 Å². The van der Waals surface area contributed by atoms with Crippen molar-refractivity contribution < 1.29 is 4.74 Å². The second-order valence-corrected chi connectivity index (χ2v) is 5.44. The normalized spacial score (nSPS) is 22.9. The van der Waals surface area contributed by atoms with E-state index in [0.717, 1.165) is 25.5 Å². The predicted octanol–water partition coefficient (Wildman–Crippen LogP) is 3.19. The molecule has 1 saturated heterocycles.